The maximum atomic E-state index is 11.0. The van der Waals surface area contributed by atoms with Gasteiger partial charge in [-0.05, 0) is 56.4 Å². The van der Waals surface area contributed by atoms with Crippen molar-refractivity contribution in [2.24, 2.45) is 0 Å². The molecule has 0 unspecified atom stereocenters. The Kier molecular flexibility index (Phi) is 8.18. The number of nitrogens with zero attached hydrogens (tertiary/aromatic N) is 4. The lowest BCUT2D eigenvalue weighted by atomic mass is 10.1. The standard InChI is InChI=1S/C12H14N2O4.C11H12N2O4/c15-12(16)9-4-5-10(11(8-9)14(17)18)13-6-2-1-3-7-13;14-11(15)8-3-4-9(10(7-8)13(16)17)12-5-1-2-6-12/h4-5,8H,1-3,6-7H2,(H,15,16);3-4,7H,1-2,5-6H2,(H,14,15). The number of piperidine rings is 1. The van der Waals surface area contributed by atoms with Crippen LogP contribution in [-0.2, 0) is 0 Å². The van der Waals surface area contributed by atoms with Gasteiger partial charge < -0.3 is 20.0 Å². The summed E-state index contributed by atoms with van der Waals surface area (Å²) in [4.78, 5) is 46.4. The van der Waals surface area contributed by atoms with E-state index in [1.165, 1.54) is 24.3 Å². The predicted molar refractivity (Wildman–Crippen MR) is 128 cm³/mol. The first kappa shape index (κ1) is 25.4. The highest BCUT2D eigenvalue weighted by Crippen LogP contribution is 2.32. The van der Waals surface area contributed by atoms with Crippen molar-refractivity contribution in [1.82, 2.24) is 0 Å². The molecule has 2 aromatic carbocycles. The molecule has 2 saturated heterocycles. The average molecular weight is 486 g/mol. The molecule has 0 aliphatic carbocycles. The highest BCUT2D eigenvalue weighted by molar-refractivity contribution is 5.90. The Morgan fingerprint density at radius 2 is 1.00 bits per heavy atom. The SMILES string of the molecule is O=C(O)c1ccc(N2CCCC2)c([N+](=O)[O-])c1.O=C(O)c1ccc(N2CCCCC2)c([N+](=O)[O-])c1. The summed E-state index contributed by atoms with van der Waals surface area (Å²) in [6, 6.07) is 8.13. The predicted octanol–water partition coefficient (Wildman–Crippen LogP) is 4.18. The molecule has 4 rings (SSSR count). The third-order valence-electron chi connectivity index (χ3n) is 5.98. The molecule has 0 aromatic heterocycles. The van der Waals surface area contributed by atoms with Crippen LogP contribution in [0.2, 0.25) is 0 Å². The van der Waals surface area contributed by atoms with Crippen LogP contribution in [-0.4, -0.2) is 58.2 Å². The largest absolute Gasteiger partial charge is 0.478 e. The third kappa shape index (κ3) is 6.22. The van der Waals surface area contributed by atoms with E-state index in [2.05, 4.69) is 0 Å². The number of hydrogen-bond acceptors (Lipinski definition) is 8. The Bertz CT molecular complexity index is 1120. The molecule has 0 saturated carbocycles. The Morgan fingerprint density at radius 1 is 0.657 bits per heavy atom. The van der Waals surface area contributed by atoms with Crippen LogP contribution in [0.25, 0.3) is 0 Å². The van der Waals surface area contributed by atoms with Crippen LogP contribution in [0.1, 0.15) is 52.8 Å². The molecule has 12 heteroatoms. The fourth-order valence-corrected chi connectivity index (χ4v) is 4.23. The smallest absolute Gasteiger partial charge is 0.335 e. The van der Waals surface area contributed by atoms with E-state index in [0.717, 1.165) is 70.4 Å². The molecule has 0 amide bonds. The Balaban J connectivity index is 0.000000196. The number of carboxylic acids is 2. The molecule has 0 bridgehead atoms. The summed E-state index contributed by atoms with van der Waals surface area (Å²) in [7, 11) is 0. The van der Waals surface area contributed by atoms with Gasteiger partial charge in [-0.1, -0.05) is 0 Å². The van der Waals surface area contributed by atoms with Crippen LogP contribution in [0.3, 0.4) is 0 Å². The van der Waals surface area contributed by atoms with Crippen molar-refractivity contribution in [2.45, 2.75) is 32.1 Å². The summed E-state index contributed by atoms with van der Waals surface area (Å²) < 4.78 is 0. The van der Waals surface area contributed by atoms with Crippen molar-refractivity contribution >= 4 is 34.7 Å². The van der Waals surface area contributed by atoms with E-state index in [9.17, 15) is 29.8 Å². The van der Waals surface area contributed by atoms with E-state index in [4.69, 9.17) is 10.2 Å². The van der Waals surface area contributed by atoms with Crippen molar-refractivity contribution < 1.29 is 29.6 Å². The minimum Gasteiger partial charge on any atom is -0.478 e. The summed E-state index contributed by atoms with van der Waals surface area (Å²) in [5, 5.41) is 39.6. The number of hydrogen-bond donors (Lipinski definition) is 2. The Labute approximate surface area is 200 Å². The summed E-state index contributed by atoms with van der Waals surface area (Å²) >= 11 is 0. The third-order valence-corrected chi connectivity index (χ3v) is 5.98. The highest BCUT2D eigenvalue weighted by atomic mass is 16.6. The lowest BCUT2D eigenvalue weighted by molar-refractivity contribution is -0.384. The van der Waals surface area contributed by atoms with Crippen molar-refractivity contribution in [3.8, 4) is 0 Å². The zero-order valence-electron chi connectivity index (χ0n) is 19.0. The minimum atomic E-state index is -1.15. The van der Waals surface area contributed by atoms with E-state index in [1.54, 1.807) is 0 Å². The van der Waals surface area contributed by atoms with Gasteiger partial charge in [-0.2, -0.15) is 0 Å². The molecule has 2 N–H and O–H groups in total. The number of anilines is 2. The van der Waals surface area contributed by atoms with E-state index in [0.29, 0.717) is 11.4 Å². The number of carbonyl (C=O) groups is 2. The monoisotopic (exact) mass is 486 g/mol. The molecule has 2 fully saturated rings. The molecular weight excluding hydrogens is 460 g/mol. The van der Waals surface area contributed by atoms with Crippen LogP contribution in [0.5, 0.6) is 0 Å². The number of rotatable bonds is 6. The molecule has 0 atom stereocenters. The molecule has 186 valence electrons. The summed E-state index contributed by atoms with van der Waals surface area (Å²) in [6.45, 7) is 3.14. The number of nitro groups is 2. The van der Waals surface area contributed by atoms with Gasteiger partial charge in [-0.3, -0.25) is 20.2 Å². The number of aromatic carboxylic acids is 2. The zero-order valence-corrected chi connectivity index (χ0v) is 19.0. The molecule has 0 radical (unpaired) electrons. The van der Waals surface area contributed by atoms with Crippen LogP contribution in [0.4, 0.5) is 22.7 Å². The fraction of sp³-hybridized carbons (Fsp3) is 0.391. The molecule has 12 nitrogen and oxygen atoms in total. The first-order valence-corrected chi connectivity index (χ1v) is 11.2. The molecule has 0 spiro atoms. The second-order valence-corrected chi connectivity index (χ2v) is 8.27. The quantitative estimate of drug-likeness (QED) is 0.446. The van der Waals surface area contributed by atoms with Crippen LogP contribution < -0.4 is 9.80 Å². The molecule has 2 aromatic rings. The highest BCUT2D eigenvalue weighted by Gasteiger charge is 2.24. The normalized spacial score (nSPS) is 15.2. The van der Waals surface area contributed by atoms with Gasteiger partial charge in [-0.15, -0.1) is 0 Å². The molecule has 35 heavy (non-hydrogen) atoms. The van der Waals surface area contributed by atoms with Gasteiger partial charge in [0.15, 0.2) is 0 Å². The molecule has 2 heterocycles. The summed E-state index contributed by atoms with van der Waals surface area (Å²) in [5.41, 5.74) is 0.660. The van der Waals surface area contributed by atoms with Gasteiger partial charge in [0.25, 0.3) is 11.4 Å². The molecule has 2 aliphatic heterocycles. The molecule has 2 aliphatic rings. The maximum absolute atomic E-state index is 11.0. The van der Waals surface area contributed by atoms with E-state index in [1.807, 2.05) is 9.80 Å². The number of nitro benzene ring substituents is 2. The van der Waals surface area contributed by atoms with Gasteiger partial charge in [-0.25, -0.2) is 9.59 Å². The minimum absolute atomic E-state index is 0.0533. The maximum Gasteiger partial charge on any atom is 0.335 e. The average Bonchev–Trinajstić information content (AvgIpc) is 3.39. The van der Waals surface area contributed by atoms with Gasteiger partial charge in [0.1, 0.15) is 11.4 Å². The lowest BCUT2D eigenvalue weighted by Crippen LogP contribution is -2.30. The number of benzene rings is 2. The molecular formula is C23H26N4O8. The van der Waals surface area contributed by atoms with Crippen molar-refractivity contribution in [3.05, 3.63) is 67.8 Å². The first-order chi connectivity index (χ1) is 16.7. The summed E-state index contributed by atoms with van der Waals surface area (Å²) in [6.07, 6.45) is 5.18. The van der Waals surface area contributed by atoms with Crippen LogP contribution in [0.15, 0.2) is 36.4 Å². The van der Waals surface area contributed by atoms with Crippen LogP contribution >= 0.6 is 0 Å². The van der Waals surface area contributed by atoms with Crippen molar-refractivity contribution in [3.63, 3.8) is 0 Å². The zero-order chi connectivity index (χ0) is 25.5. The Hall–Kier alpha value is -4.22. The van der Waals surface area contributed by atoms with Crippen molar-refractivity contribution in [1.29, 1.82) is 0 Å². The van der Waals surface area contributed by atoms with Gasteiger partial charge >= 0.3 is 11.9 Å². The second-order valence-electron chi connectivity index (χ2n) is 8.27. The van der Waals surface area contributed by atoms with Gasteiger partial charge in [0.2, 0.25) is 0 Å². The van der Waals surface area contributed by atoms with Gasteiger partial charge in [0.05, 0.1) is 21.0 Å². The van der Waals surface area contributed by atoms with E-state index < -0.39 is 21.8 Å². The second kappa shape index (κ2) is 11.3. The number of carboxylic acid groups (broad SMARTS) is 2. The first-order valence-electron chi connectivity index (χ1n) is 11.2. The fourth-order valence-electron chi connectivity index (χ4n) is 4.23. The van der Waals surface area contributed by atoms with E-state index in [-0.39, 0.29) is 22.5 Å². The van der Waals surface area contributed by atoms with Gasteiger partial charge in [0, 0.05) is 38.3 Å². The Morgan fingerprint density at radius 3 is 1.31 bits per heavy atom. The summed E-state index contributed by atoms with van der Waals surface area (Å²) in [5.74, 6) is -2.30. The topological polar surface area (TPSA) is 167 Å². The lowest BCUT2D eigenvalue weighted by Gasteiger charge is -2.28. The van der Waals surface area contributed by atoms with Crippen LogP contribution in [0, 0.1) is 20.2 Å². The van der Waals surface area contributed by atoms with Crippen molar-refractivity contribution in [2.75, 3.05) is 36.0 Å². The van der Waals surface area contributed by atoms with E-state index >= 15 is 0 Å².